The third-order valence-electron chi connectivity index (χ3n) is 6.40. The zero-order valence-corrected chi connectivity index (χ0v) is 22.6. The van der Waals surface area contributed by atoms with Crippen LogP contribution in [-0.2, 0) is 19.6 Å². The zero-order valence-electron chi connectivity index (χ0n) is 22.6. The average Bonchev–Trinajstić information content (AvgIpc) is 3.31. The summed E-state index contributed by atoms with van der Waals surface area (Å²) in [5.74, 6) is 1.31. The van der Waals surface area contributed by atoms with Crippen LogP contribution >= 0.6 is 0 Å². The van der Waals surface area contributed by atoms with Crippen molar-refractivity contribution in [3.8, 4) is 11.5 Å². The molecular formula is C27H41N5O5. The topological polar surface area (TPSA) is 104 Å². The van der Waals surface area contributed by atoms with Crippen molar-refractivity contribution >= 4 is 11.2 Å². The Labute approximate surface area is 218 Å². The molecule has 0 saturated carbocycles. The molecule has 3 rings (SSSR count). The number of para-hydroxylation sites is 2. The Bertz CT molecular complexity index is 1250. The second-order valence-corrected chi connectivity index (χ2v) is 9.27. The lowest BCUT2D eigenvalue weighted by Crippen LogP contribution is -2.40. The van der Waals surface area contributed by atoms with Crippen LogP contribution in [0.25, 0.3) is 11.2 Å². The first-order valence-corrected chi connectivity index (χ1v) is 13.3. The highest BCUT2D eigenvalue weighted by Crippen LogP contribution is 2.26. The van der Waals surface area contributed by atoms with Crippen LogP contribution in [0.5, 0.6) is 11.5 Å². The number of aliphatic hydroxyl groups excluding tert-OH is 1. The summed E-state index contributed by atoms with van der Waals surface area (Å²) < 4.78 is 16.3. The number of fused-ring (bicyclic) bond motifs is 1. The van der Waals surface area contributed by atoms with E-state index in [2.05, 4.69) is 11.9 Å². The van der Waals surface area contributed by atoms with E-state index < -0.39 is 6.10 Å². The van der Waals surface area contributed by atoms with Crippen molar-refractivity contribution in [1.29, 1.82) is 0 Å². The van der Waals surface area contributed by atoms with Crippen LogP contribution in [0.2, 0.25) is 0 Å². The van der Waals surface area contributed by atoms with Crippen molar-refractivity contribution in [3.05, 3.63) is 51.4 Å². The van der Waals surface area contributed by atoms with Gasteiger partial charge in [-0.05, 0) is 39.4 Å². The van der Waals surface area contributed by atoms with Gasteiger partial charge in [0.2, 0.25) is 0 Å². The summed E-state index contributed by atoms with van der Waals surface area (Å²) in [5.41, 5.74) is 0.167. The molecule has 0 bridgehead atoms. The number of rotatable bonds is 16. The quantitative estimate of drug-likeness (QED) is 0.293. The van der Waals surface area contributed by atoms with Crippen LogP contribution in [-0.4, -0.2) is 68.1 Å². The van der Waals surface area contributed by atoms with E-state index in [0.29, 0.717) is 62.0 Å². The Balaban J connectivity index is 1.54. The molecule has 37 heavy (non-hydrogen) atoms. The van der Waals surface area contributed by atoms with Gasteiger partial charge in [0, 0.05) is 32.7 Å². The molecule has 0 amide bonds. The predicted octanol–water partition coefficient (Wildman–Crippen LogP) is 2.73. The molecule has 3 aromatic rings. The number of hydrogen-bond donors (Lipinski definition) is 1. The van der Waals surface area contributed by atoms with E-state index in [1.165, 1.54) is 22.0 Å². The Morgan fingerprint density at radius 3 is 2.38 bits per heavy atom. The maximum absolute atomic E-state index is 12.9. The van der Waals surface area contributed by atoms with E-state index >= 15 is 0 Å². The second-order valence-electron chi connectivity index (χ2n) is 9.27. The summed E-state index contributed by atoms with van der Waals surface area (Å²) in [5, 5.41) is 10.6. The van der Waals surface area contributed by atoms with Gasteiger partial charge in [0.15, 0.2) is 22.7 Å². The molecule has 1 atom stereocenters. The number of aryl methyl sites for hydroxylation is 1. The maximum Gasteiger partial charge on any atom is 0.332 e. The van der Waals surface area contributed by atoms with Gasteiger partial charge in [-0.25, -0.2) is 9.78 Å². The average molecular weight is 516 g/mol. The van der Waals surface area contributed by atoms with Gasteiger partial charge >= 0.3 is 5.69 Å². The summed E-state index contributed by atoms with van der Waals surface area (Å²) in [6.07, 6.45) is 5.44. The lowest BCUT2D eigenvalue weighted by Gasteiger charge is -2.21. The molecule has 0 saturated heterocycles. The summed E-state index contributed by atoms with van der Waals surface area (Å²) in [7, 11) is 1.90. The summed E-state index contributed by atoms with van der Waals surface area (Å²) in [4.78, 5) is 31.8. The van der Waals surface area contributed by atoms with Gasteiger partial charge in [-0.15, -0.1) is 0 Å². The second kappa shape index (κ2) is 14.0. The molecule has 0 spiro atoms. The van der Waals surface area contributed by atoms with Crippen molar-refractivity contribution in [3.63, 3.8) is 0 Å². The largest absolute Gasteiger partial charge is 0.490 e. The zero-order chi connectivity index (χ0) is 26.8. The van der Waals surface area contributed by atoms with Gasteiger partial charge in [0.1, 0.15) is 12.7 Å². The highest BCUT2D eigenvalue weighted by atomic mass is 16.5. The van der Waals surface area contributed by atoms with E-state index in [-0.39, 0.29) is 17.9 Å². The molecule has 204 valence electrons. The van der Waals surface area contributed by atoms with Crippen molar-refractivity contribution in [2.45, 2.75) is 72.2 Å². The lowest BCUT2D eigenvalue weighted by atomic mass is 10.2. The highest BCUT2D eigenvalue weighted by Gasteiger charge is 2.17. The Morgan fingerprint density at radius 2 is 1.70 bits per heavy atom. The maximum atomic E-state index is 12.9. The number of nitrogens with zero attached hydrogens (tertiary/aromatic N) is 5. The molecule has 10 nitrogen and oxygen atoms in total. The van der Waals surface area contributed by atoms with Crippen molar-refractivity contribution in [1.82, 2.24) is 23.6 Å². The van der Waals surface area contributed by atoms with Crippen molar-refractivity contribution in [2.24, 2.45) is 0 Å². The normalized spacial score (nSPS) is 12.4. The fourth-order valence-corrected chi connectivity index (χ4v) is 4.34. The molecule has 2 heterocycles. The number of hydrogen-bond acceptors (Lipinski definition) is 7. The fourth-order valence-electron chi connectivity index (χ4n) is 4.34. The number of imidazole rings is 1. The van der Waals surface area contributed by atoms with Crippen LogP contribution in [0.3, 0.4) is 0 Å². The number of unbranched alkanes of at least 4 members (excludes halogenated alkanes) is 3. The third-order valence-corrected chi connectivity index (χ3v) is 6.40. The lowest BCUT2D eigenvalue weighted by molar-refractivity contribution is 0.0740. The summed E-state index contributed by atoms with van der Waals surface area (Å²) in [6.45, 7) is 8.82. The van der Waals surface area contributed by atoms with Crippen molar-refractivity contribution < 1.29 is 14.6 Å². The molecule has 10 heteroatoms. The number of benzene rings is 1. The Morgan fingerprint density at radius 1 is 1.00 bits per heavy atom. The van der Waals surface area contributed by atoms with Crippen LogP contribution in [0.1, 0.15) is 46.5 Å². The standard InChI is InChI=1S/C27H41N5O5/c1-5-8-9-12-17-36-22-13-10-11-14-23(22)37-19-21(33)18-29(4)15-16-30-20-28-25-24(30)26(34)32(7-3)27(35)31(25)6-2/h10-11,13-14,20-21,33H,5-9,12,15-19H2,1-4H3. The van der Waals surface area contributed by atoms with Crippen molar-refractivity contribution in [2.75, 3.05) is 33.4 Å². The minimum atomic E-state index is -0.704. The smallest absolute Gasteiger partial charge is 0.332 e. The Hall–Kier alpha value is -3.11. The van der Waals surface area contributed by atoms with Crippen LogP contribution in [0.15, 0.2) is 40.2 Å². The molecule has 0 fully saturated rings. The first kappa shape index (κ1) is 28.5. The minimum absolute atomic E-state index is 0.137. The number of aromatic nitrogens is 4. The molecular weight excluding hydrogens is 474 g/mol. The number of ether oxygens (including phenoxy) is 2. The van der Waals surface area contributed by atoms with Gasteiger partial charge in [0.25, 0.3) is 5.56 Å². The summed E-state index contributed by atoms with van der Waals surface area (Å²) >= 11 is 0. The minimum Gasteiger partial charge on any atom is -0.490 e. The molecule has 1 unspecified atom stereocenters. The number of aliphatic hydroxyl groups is 1. The monoisotopic (exact) mass is 515 g/mol. The van der Waals surface area contributed by atoms with Crippen LogP contribution in [0, 0.1) is 0 Å². The van der Waals surface area contributed by atoms with E-state index in [1.54, 1.807) is 17.8 Å². The molecule has 0 aliphatic rings. The van der Waals surface area contributed by atoms with Gasteiger partial charge < -0.3 is 24.0 Å². The summed E-state index contributed by atoms with van der Waals surface area (Å²) in [6, 6.07) is 7.53. The predicted molar refractivity (Wildman–Crippen MR) is 145 cm³/mol. The first-order valence-electron chi connectivity index (χ1n) is 13.3. The van der Waals surface area contributed by atoms with E-state index in [4.69, 9.17) is 9.47 Å². The molecule has 0 aliphatic heterocycles. The number of likely N-dealkylation sites (N-methyl/N-ethyl adjacent to an activating group) is 1. The van der Waals surface area contributed by atoms with Gasteiger partial charge in [-0.1, -0.05) is 38.3 Å². The molecule has 0 aliphatic carbocycles. The van der Waals surface area contributed by atoms with Gasteiger partial charge in [0.05, 0.1) is 12.9 Å². The molecule has 0 radical (unpaired) electrons. The highest BCUT2D eigenvalue weighted by molar-refractivity contribution is 5.70. The van der Waals surface area contributed by atoms with E-state index in [1.807, 2.05) is 43.1 Å². The fraction of sp³-hybridized carbons (Fsp3) is 0.593. The SMILES string of the molecule is CCCCCCOc1ccccc1OCC(O)CN(C)CCn1cnc2c1c(=O)n(CC)c(=O)n2CC. The first-order chi connectivity index (χ1) is 17.9. The van der Waals surface area contributed by atoms with Crippen LogP contribution in [0.4, 0.5) is 0 Å². The third kappa shape index (κ3) is 7.23. The van der Waals surface area contributed by atoms with E-state index in [0.717, 1.165) is 12.8 Å². The Kier molecular flexibility index (Phi) is 10.8. The molecule has 1 N–H and O–H groups in total. The van der Waals surface area contributed by atoms with Crippen LogP contribution < -0.4 is 20.7 Å². The molecule has 2 aromatic heterocycles. The van der Waals surface area contributed by atoms with Gasteiger partial charge in [-0.3, -0.25) is 13.9 Å². The van der Waals surface area contributed by atoms with E-state index in [9.17, 15) is 14.7 Å². The van der Waals surface area contributed by atoms with Gasteiger partial charge in [-0.2, -0.15) is 0 Å². The molecule has 1 aromatic carbocycles.